The molecule has 4 aromatic rings. The minimum atomic E-state index is -4.12. The summed E-state index contributed by atoms with van der Waals surface area (Å²) in [5.74, 6) is 0.0287. The third-order valence-electron chi connectivity index (χ3n) is 4.12. The molecule has 7 heteroatoms. The maximum absolute atomic E-state index is 12.6. The fourth-order valence-corrected chi connectivity index (χ4v) is 4.00. The largest absolute Gasteiger partial charge is 0.423 e. The van der Waals surface area contributed by atoms with Crippen molar-refractivity contribution in [3.8, 4) is 16.9 Å². The second-order valence-corrected chi connectivity index (χ2v) is 7.96. The molecule has 28 heavy (non-hydrogen) atoms. The highest BCUT2D eigenvalue weighted by molar-refractivity contribution is 7.87. The van der Waals surface area contributed by atoms with Crippen molar-refractivity contribution in [2.45, 2.75) is 4.90 Å². The molecule has 0 atom stereocenters. The van der Waals surface area contributed by atoms with E-state index in [0.29, 0.717) is 5.39 Å². The Hall–Kier alpha value is -3.09. The summed E-state index contributed by atoms with van der Waals surface area (Å²) in [6.45, 7) is 0. The average Bonchev–Trinajstić information content (AvgIpc) is 2.69. The van der Waals surface area contributed by atoms with Crippen LogP contribution in [0.25, 0.3) is 22.1 Å². The molecule has 0 aliphatic carbocycles. The van der Waals surface area contributed by atoms with Crippen LogP contribution in [0, 0.1) is 0 Å². The Balaban J connectivity index is 1.66. The standard InChI is InChI=1S/C21H13ClO5S/c22-18-13-15(14-4-2-1-3-5-14)6-9-20(18)27-28(24,25)17-8-10-19-16(12-17)7-11-21(23)26-19/h1-13H. The van der Waals surface area contributed by atoms with Crippen LogP contribution in [0.3, 0.4) is 0 Å². The fraction of sp³-hybridized carbons (Fsp3) is 0. The third-order valence-corrected chi connectivity index (χ3v) is 5.64. The van der Waals surface area contributed by atoms with Gasteiger partial charge in [-0.05, 0) is 47.5 Å². The molecule has 0 radical (unpaired) electrons. The van der Waals surface area contributed by atoms with Gasteiger partial charge < -0.3 is 8.60 Å². The number of benzene rings is 3. The summed E-state index contributed by atoms with van der Waals surface area (Å²) in [5, 5.41) is 0.645. The Labute approximate surface area is 165 Å². The maximum Gasteiger partial charge on any atom is 0.339 e. The molecular weight excluding hydrogens is 400 g/mol. The smallest absolute Gasteiger partial charge is 0.339 e. The lowest BCUT2D eigenvalue weighted by molar-refractivity contribution is 0.486. The Morgan fingerprint density at radius 2 is 1.61 bits per heavy atom. The Bertz CT molecular complexity index is 1330. The molecule has 0 amide bonds. The summed E-state index contributed by atoms with van der Waals surface area (Å²) in [7, 11) is -4.12. The highest BCUT2D eigenvalue weighted by Gasteiger charge is 2.19. The van der Waals surface area contributed by atoms with E-state index >= 15 is 0 Å². The van der Waals surface area contributed by atoms with Gasteiger partial charge in [0, 0.05) is 11.5 Å². The summed E-state index contributed by atoms with van der Waals surface area (Å²) in [6, 6.07) is 21.3. The van der Waals surface area contributed by atoms with Crippen LogP contribution in [-0.2, 0) is 10.1 Å². The van der Waals surface area contributed by atoms with Gasteiger partial charge in [-0.25, -0.2) is 4.79 Å². The van der Waals surface area contributed by atoms with Crippen LogP contribution in [0.5, 0.6) is 5.75 Å². The van der Waals surface area contributed by atoms with Gasteiger partial charge in [0.05, 0.1) is 5.02 Å². The third kappa shape index (κ3) is 3.65. The first kappa shape index (κ1) is 18.3. The zero-order valence-electron chi connectivity index (χ0n) is 14.3. The lowest BCUT2D eigenvalue weighted by atomic mass is 10.1. The van der Waals surface area contributed by atoms with E-state index in [0.717, 1.165) is 11.1 Å². The van der Waals surface area contributed by atoms with Crippen LogP contribution in [-0.4, -0.2) is 8.42 Å². The molecule has 0 saturated carbocycles. The molecule has 1 aromatic heterocycles. The van der Waals surface area contributed by atoms with Gasteiger partial charge in [-0.3, -0.25) is 0 Å². The predicted octanol–water partition coefficient (Wildman–Crippen LogP) is 4.88. The Kier molecular flexibility index (Phi) is 4.66. The van der Waals surface area contributed by atoms with Gasteiger partial charge in [0.1, 0.15) is 10.5 Å². The molecule has 0 saturated heterocycles. The molecule has 4 rings (SSSR count). The van der Waals surface area contributed by atoms with E-state index < -0.39 is 15.7 Å². The summed E-state index contributed by atoms with van der Waals surface area (Å²) in [4.78, 5) is 11.2. The molecule has 0 N–H and O–H groups in total. The van der Waals surface area contributed by atoms with Crippen molar-refractivity contribution in [2.24, 2.45) is 0 Å². The van der Waals surface area contributed by atoms with Gasteiger partial charge in [0.15, 0.2) is 5.75 Å². The van der Waals surface area contributed by atoms with Crippen LogP contribution in [0.15, 0.2) is 93.0 Å². The first-order valence-corrected chi connectivity index (χ1v) is 10.0. The lowest BCUT2D eigenvalue weighted by Gasteiger charge is -2.10. The van der Waals surface area contributed by atoms with Crippen molar-refractivity contribution < 1.29 is 17.0 Å². The number of hydrogen-bond acceptors (Lipinski definition) is 5. The van der Waals surface area contributed by atoms with Crippen molar-refractivity contribution in [1.82, 2.24) is 0 Å². The van der Waals surface area contributed by atoms with E-state index in [2.05, 4.69) is 0 Å². The predicted molar refractivity (Wildman–Crippen MR) is 107 cm³/mol. The minimum Gasteiger partial charge on any atom is -0.423 e. The van der Waals surface area contributed by atoms with Crippen molar-refractivity contribution in [2.75, 3.05) is 0 Å². The van der Waals surface area contributed by atoms with Gasteiger partial charge in [-0.2, -0.15) is 8.42 Å². The fourth-order valence-electron chi connectivity index (χ4n) is 2.75. The van der Waals surface area contributed by atoms with E-state index in [-0.39, 0.29) is 21.3 Å². The maximum atomic E-state index is 12.6. The average molecular weight is 413 g/mol. The second kappa shape index (κ2) is 7.14. The summed E-state index contributed by atoms with van der Waals surface area (Å²) < 4.78 is 35.5. The Morgan fingerprint density at radius 3 is 2.36 bits per heavy atom. The first-order chi connectivity index (χ1) is 13.4. The van der Waals surface area contributed by atoms with E-state index in [1.807, 2.05) is 30.3 Å². The van der Waals surface area contributed by atoms with Crippen LogP contribution < -0.4 is 9.81 Å². The van der Waals surface area contributed by atoms with E-state index in [4.69, 9.17) is 20.2 Å². The topological polar surface area (TPSA) is 73.6 Å². The molecule has 140 valence electrons. The lowest BCUT2D eigenvalue weighted by Crippen LogP contribution is -2.10. The van der Waals surface area contributed by atoms with Gasteiger partial charge in [0.25, 0.3) is 0 Å². The van der Waals surface area contributed by atoms with Crippen LogP contribution >= 0.6 is 11.6 Å². The van der Waals surface area contributed by atoms with Gasteiger partial charge in [-0.1, -0.05) is 48.0 Å². The van der Waals surface area contributed by atoms with Crippen LogP contribution in [0.4, 0.5) is 0 Å². The number of hydrogen-bond donors (Lipinski definition) is 0. The van der Waals surface area contributed by atoms with E-state index in [1.165, 1.54) is 36.4 Å². The molecule has 0 fully saturated rings. The molecular formula is C21H13ClO5S. The van der Waals surface area contributed by atoms with Gasteiger partial charge in [0.2, 0.25) is 0 Å². The molecule has 1 heterocycles. The quantitative estimate of drug-likeness (QED) is 0.352. The van der Waals surface area contributed by atoms with Crippen molar-refractivity contribution in [3.63, 3.8) is 0 Å². The summed E-state index contributed by atoms with van der Waals surface area (Å²) in [6.07, 6.45) is 0. The molecule has 0 aliphatic heterocycles. The first-order valence-electron chi connectivity index (χ1n) is 8.26. The molecule has 5 nitrogen and oxygen atoms in total. The summed E-state index contributed by atoms with van der Waals surface area (Å²) in [5.41, 5.74) is 1.58. The Morgan fingerprint density at radius 1 is 0.821 bits per heavy atom. The van der Waals surface area contributed by atoms with Gasteiger partial charge in [-0.15, -0.1) is 0 Å². The monoisotopic (exact) mass is 412 g/mol. The SMILES string of the molecule is O=c1ccc2cc(S(=O)(=O)Oc3ccc(-c4ccccc4)cc3Cl)ccc2o1. The minimum absolute atomic E-state index is 0.0287. The van der Waals surface area contributed by atoms with Crippen molar-refractivity contribution >= 4 is 32.7 Å². The van der Waals surface area contributed by atoms with Crippen LogP contribution in [0.2, 0.25) is 5.02 Å². The second-order valence-electron chi connectivity index (χ2n) is 6.00. The number of rotatable bonds is 4. The molecule has 0 unspecified atom stereocenters. The zero-order valence-corrected chi connectivity index (χ0v) is 15.9. The van der Waals surface area contributed by atoms with Crippen molar-refractivity contribution in [1.29, 1.82) is 0 Å². The highest BCUT2D eigenvalue weighted by Crippen LogP contribution is 2.32. The molecule has 0 spiro atoms. The summed E-state index contributed by atoms with van der Waals surface area (Å²) >= 11 is 6.25. The molecule has 3 aromatic carbocycles. The normalized spacial score (nSPS) is 11.5. The molecule has 0 bridgehead atoms. The van der Waals surface area contributed by atoms with Crippen LogP contribution in [0.1, 0.15) is 0 Å². The highest BCUT2D eigenvalue weighted by atomic mass is 35.5. The van der Waals surface area contributed by atoms with E-state index in [1.54, 1.807) is 12.1 Å². The van der Waals surface area contributed by atoms with E-state index in [9.17, 15) is 13.2 Å². The zero-order chi connectivity index (χ0) is 19.7. The number of halogens is 1. The number of fused-ring (bicyclic) bond motifs is 1. The van der Waals surface area contributed by atoms with Crippen molar-refractivity contribution in [3.05, 3.63) is 94.3 Å². The van der Waals surface area contributed by atoms with Gasteiger partial charge >= 0.3 is 15.7 Å². The molecule has 0 aliphatic rings.